The number of carboxylic acids is 1. The number of hydrogen-bond donors (Lipinski definition) is 2. The Hall–Kier alpha value is -1.46. The molecule has 0 saturated carbocycles. The minimum absolute atomic E-state index is 0.0406. The van der Waals surface area contributed by atoms with Crippen LogP contribution in [0.15, 0.2) is 28.7 Å². The summed E-state index contributed by atoms with van der Waals surface area (Å²) in [5.74, 6) is 1.27. The number of fused-ring (bicyclic) bond motifs is 1. The minimum Gasteiger partial charge on any atom is -0.475 e. The molecule has 2 N–H and O–H groups in total. The molecular formula is C16H21NO3S. The molecule has 5 heteroatoms. The van der Waals surface area contributed by atoms with E-state index in [0.29, 0.717) is 18.2 Å². The summed E-state index contributed by atoms with van der Waals surface area (Å²) in [5.41, 5.74) is 1.36. The van der Waals surface area contributed by atoms with Gasteiger partial charge in [0, 0.05) is 23.5 Å². The molecule has 0 aliphatic heterocycles. The number of hydrogen-bond acceptors (Lipinski definition) is 4. The molecule has 0 amide bonds. The molecule has 21 heavy (non-hydrogen) atoms. The van der Waals surface area contributed by atoms with E-state index in [0.717, 1.165) is 28.9 Å². The fourth-order valence-corrected chi connectivity index (χ4v) is 3.04. The Bertz CT molecular complexity index is 609. The lowest BCUT2D eigenvalue weighted by Crippen LogP contribution is -2.26. The molecule has 0 bridgehead atoms. The number of furan rings is 1. The summed E-state index contributed by atoms with van der Waals surface area (Å²) in [7, 11) is 0. The highest BCUT2D eigenvalue weighted by Gasteiger charge is 2.19. The monoisotopic (exact) mass is 307 g/mol. The molecule has 1 aromatic carbocycles. The molecule has 1 atom stereocenters. The van der Waals surface area contributed by atoms with Gasteiger partial charge in [0.25, 0.3) is 0 Å². The number of benzene rings is 1. The quantitative estimate of drug-likeness (QED) is 0.727. The summed E-state index contributed by atoms with van der Waals surface area (Å²) < 4.78 is 5.45. The van der Waals surface area contributed by atoms with Crippen molar-refractivity contribution in [3.63, 3.8) is 0 Å². The Morgan fingerprint density at radius 2 is 2.19 bits per heavy atom. The van der Waals surface area contributed by atoms with Crippen LogP contribution in [0.25, 0.3) is 11.0 Å². The largest absolute Gasteiger partial charge is 0.475 e. The Morgan fingerprint density at radius 3 is 2.90 bits per heavy atom. The third kappa shape index (κ3) is 4.02. The number of nitrogens with one attached hydrogen (secondary N) is 1. The fraction of sp³-hybridized carbons (Fsp3) is 0.438. The summed E-state index contributed by atoms with van der Waals surface area (Å²) in [6.07, 6.45) is 1.07. The van der Waals surface area contributed by atoms with Gasteiger partial charge in [-0.2, -0.15) is 11.8 Å². The van der Waals surface area contributed by atoms with E-state index >= 15 is 0 Å². The first kappa shape index (κ1) is 15.9. The van der Waals surface area contributed by atoms with Gasteiger partial charge in [-0.3, -0.25) is 0 Å². The maximum absolute atomic E-state index is 11.3. The molecule has 114 valence electrons. The lowest BCUT2D eigenvalue weighted by atomic mass is 10.1. The molecule has 0 spiro atoms. The van der Waals surface area contributed by atoms with Crippen molar-refractivity contribution in [1.82, 2.24) is 5.32 Å². The van der Waals surface area contributed by atoms with Gasteiger partial charge in [0.2, 0.25) is 5.76 Å². The first-order chi connectivity index (χ1) is 10.1. The van der Waals surface area contributed by atoms with Crippen molar-refractivity contribution in [2.75, 3.05) is 11.5 Å². The van der Waals surface area contributed by atoms with E-state index < -0.39 is 5.97 Å². The molecule has 1 aromatic heterocycles. The van der Waals surface area contributed by atoms with Crippen LogP contribution in [0, 0.1) is 0 Å². The van der Waals surface area contributed by atoms with Gasteiger partial charge < -0.3 is 14.8 Å². The van der Waals surface area contributed by atoms with Crippen molar-refractivity contribution in [3.05, 3.63) is 35.6 Å². The molecular weight excluding hydrogens is 286 g/mol. The third-order valence-corrected chi connectivity index (χ3v) is 4.35. The minimum atomic E-state index is -1.02. The van der Waals surface area contributed by atoms with E-state index in [9.17, 15) is 9.90 Å². The van der Waals surface area contributed by atoms with Crippen LogP contribution in [0.3, 0.4) is 0 Å². The average molecular weight is 307 g/mol. The second kappa shape index (κ2) is 7.52. The molecule has 0 fully saturated rings. The number of carboxylic acid groups (broad SMARTS) is 1. The van der Waals surface area contributed by atoms with Gasteiger partial charge in [0.1, 0.15) is 5.58 Å². The normalized spacial score (nSPS) is 12.7. The summed E-state index contributed by atoms with van der Waals surface area (Å²) >= 11 is 1.92. The second-order valence-electron chi connectivity index (χ2n) is 4.98. The van der Waals surface area contributed by atoms with E-state index in [1.807, 2.05) is 30.0 Å². The summed E-state index contributed by atoms with van der Waals surface area (Å²) in [6.45, 7) is 4.79. The van der Waals surface area contributed by atoms with Gasteiger partial charge in [-0.1, -0.05) is 25.1 Å². The first-order valence-corrected chi connectivity index (χ1v) is 8.33. The molecule has 0 radical (unpaired) electrons. The number of para-hydroxylation sites is 1. The van der Waals surface area contributed by atoms with Crippen molar-refractivity contribution in [2.24, 2.45) is 0 Å². The number of aromatic carboxylic acids is 1. The maximum Gasteiger partial charge on any atom is 0.372 e. The Kier molecular flexibility index (Phi) is 5.70. The van der Waals surface area contributed by atoms with Crippen molar-refractivity contribution in [2.45, 2.75) is 32.9 Å². The molecule has 2 rings (SSSR count). The fourth-order valence-electron chi connectivity index (χ4n) is 2.23. The summed E-state index contributed by atoms with van der Waals surface area (Å²) in [6, 6.07) is 7.79. The molecule has 0 saturated heterocycles. The van der Waals surface area contributed by atoms with Crippen LogP contribution in [0.4, 0.5) is 0 Å². The Morgan fingerprint density at radius 1 is 1.43 bits per heavy atom. The van der Waals surface area contributed by atoms with Gasteiger partial charge in [-0.05, 0) is 30.9 Å². The predicted octanol–water partition coefficient (Wildman–Crippen LogP) is 3.75. The number of thioether (sulfide) groups is 1. The second-order valence-corrected chi connectivity index (χ2v) is 6.37. The van der Waals surface area contributed by atoms with Crippen molar-refractivity contribution >= 4 is 28.7 Å². The van der Waals surface area contributed by atoms with E-state index in [4.69, 9.17) is 4.42 Å². The first-order valence-electron chi connectivity index (χ1n) is 7.18. The average Bonchev–Trinajstić information content (AvgIpc) is 2.84. The standard InChI is InChI=1S/C16H21NO3S/c1-3-21-9-8-11(2)17-10-13-12-6-4-5-7-14(12)20-15(13)16(18)19/h4-7,11,17H,3,8-10H2,1-2H3,(H,18,19). The zero-order valence-corrected chi connectivity index (χ0v) is 13.2. The van der Waals surface area contributed by atoms with E-state index in [1.165, 1.54) is 0 Å². The summed E-state index contributed by atoms with van der Waals surface area (Å²) in [5, 5.41) is 13.5. The van der Waals surface area contributed by atoms with Gasteiger partial charge in [-0.15, -0.1) is 0 Å². The lowest BCUT2D eigenvalue weighted by Gasteiger charge is -2.13. The van der Waals surface area contributed by atoms with Crippen LogP contribution < -0.4 is 5.32 Å². The molecule has 4 nitrogen and oxygen atoms in total. The topological polar surface area (TPSA) is 62.5 Å². The van der Waals surface area contributed by atoms with Crippen molar-refractivity contribution < 1.29 is 14.3 Å². The van der Waals surface area contributed by atoms with E-state index in [2.05, 4.69) is 19.2 Å². The van der Waals surface area contributed by atoms with Gasteiger partial charge >= 0.3 is 5.97 Å². The van der Waals surface area contributed by atoms with Crippen LogP contribution in [0.5, 0.6) is 0 Å². The molecule has 0 aliphatic rings. The van der Waals surface area contributed by atoms with Crippen molar-refractivity contribution in [3.8, 4) is 0 Å². The van der Waals surface area contributed by atoms with Crippen LogP contribution >= 0.6 is 11.8 Å². The van der Waals surface area contributed by atoms with Gasteiger partial charge in [0.15, 0.2) is 0 Å². The molecule has 2 aromatic rings. The molecule has 1 unspecified atom stereocenters. The van der Waals surface area contributed by atoms with E-state index in [1.54, 1.807) is 6.07 Å². The highest BCUT2D eigenvalue weighted by molar-refractivity contribution is 7.99. The van der Waals surface area contributed by atoms with Crippen LogP contribution in [-0.4, -0.2) is 28.6 Å². The molecule has 1 heterocycles. The zero-order chi connectivity index (χ0) is 15.2. The number of carbonyl (C=O) groups is 1. The van der Waals surface area contributed by atoms with Gasteiger partial charge in [0.05, 0.1) is 0 Å². The highest BCUT2D eigenvalue weighted by Crippen LogP contribution is 2.26. The lowest BCUT2D eigenvalue weighted by molar-refractivity contribution is 0.0663. The van der Waals surface area contributed by atoms with Crippen LogP contribution in [0.2, 0.25) is 0 Å². The SMILES string of the molecule is CCSCCC(C)NCc1c(C(=O)O)oc2ccccc12. The Labute approximate surface area is 128 Å². The third-order valence-electron chi connectivity index (χ3n) is 3.42. The van der Waals surface area contributed by atoms with Crippen molar-refractivity contribution in [1.29, 1.82) is 0 Å². The van der Waals surface area contributed by atoms with Gasteiger partial charge in [-0.25, -0.2) is 4.79 Å². The van der Waals surface area contributed by atoms with E-state index in [-0.39, 0.29) is 5.76 Å². The Balaban J connectivity index is 2.10. The van der Waals surface area contributed by atoms with Crippen LogP contribution in [0.1, 0.15) is 36.4 Å². The van der Waals surface area contributed by atoms with Crippen LogP contribution in [-0.2, 0) is 6.54 Å². The zero-order valence-electron chi connectivity index (χ0n) is 12.4. The molecule has 0 aliphatic carbocycles. The smallest absolute Gasteiger partial charge is 0.372 e. The number of rotatable bonds is 8. The summed E-state index contributed by atoms with van der Waals surface area (Å²) in [4.78, 5) is 11.3. The maximum atomic E-state index is 11.3. The highest BCUT2D eigenvalue weighted by atomic mass is 32.2. The predicted molar refractivity (Wildman–Crippen MR) is 87.1 cm³/mol.